The monoisotopic (exact) mass is 336 g/mol. The predicted molar refractivity (Wildman–Crippen MR) is 77.5 cm³/mol. The molecule has 3 aromatic carbocycles. The molecule has 0 radical (unpaired) electrons. The summed E-state index contributed by atoms with van der Waals surface area (Å²) >= 11 is 2.16. The lowest BCUT2D eigenvalue weighted by Crippen LogP contribution is -1.83. The van der Waals surface area contributed by atoms with Crippen LogP contribution in [0.2, 0.25) is 0 Å². The van der Waals surface area contributed by atoms with Gasteiger partial charge in [0.15, 0.2) is 0 Å². The van der Waals surface area contributed by atoms with Crippen molar-refractivity contribution < 1.29 is 10.2 Å². The zero-order valence-electron chi connectivity index (χ0n) is 8.81. The first-order valence-electron chi connectivity index (χ1n) is 5.21. The van der Waals surface area contributed by atoms with Gasteiger partial charge in [0, 0.05) is 25.1 Å². The minimum atomic E-state index is 0.229. The fourth-order valence-corrected chi connectivity index (χ4v) is 2.89. The highest BCUT2D eigenvalue weighted by molar-refractivity contribution is 14.1. The second-order valence-electron chi connectivity index (χ2n) is 3.91. The quantitative estimate of drug-likeness (QED) is 0.370. The molecule has 3 aromatic rings. The Hall–Kier alpha value is -1.49. The Balaban J connectivity index is 2.69. The second kappa shape index (κ2) is 3.77. The lowest BCUT2D eigenvalue weighted by atomic mass is 10.0. The molecule has 0 amide bonds. The van der Waals surface area contributed by atoms with Gasteiger partial charge in [0.05, 0.1) is 0 Å². The van der Waals surface area contributed by atoms with Gasteiger partial charge in [-0.05, 0) is 28.7 Å². The maximum Gasteiger partial charge on any atom is 0.132 e. The Morgan fingerprint density at radius 3 is 2.00 bits per heavy atom. The number of halogens is 1. The molecule has 17 heavy (non-hydrogen) atoms. The van der Waals surface area contributed by atoms with Gasteiger partial charge in [0.25, 0.3) is 0 Å². The SMILES string of the molecule is Oc1c2ccccc2c(O)c2c(I)cccc12. The van der Waals surface area contributed by atoms with Crippen LogP contribution < -0.4 is 0 Å². The molecule has 0 bridgehead atoms. The highest BCUT2D eigenvalue weighted by Crippen LogP contribution is 2.42. The van der Waals surface area contributed by atoms with Gasteiger partial charge in [0.2, 0.25) is 0 Å². The summed E-state index contributed by atoms with van der Waals surface area (Å²) in [5.74, 6) is 0.463. The highest BCUT2D eigenvalue weighted by Gasteiger charge is 2.13. The van der Waals surface area contributed by atoms with Crippen molar-refractivity contribution in [1.82, 2.24) is 0 Å². The van der Waals surface area contributed by atoms with E-state index in [2.05, 4.69) is 22.6 Å². The van der Waals surface area contributed by atoms with Crippen LogP contribution in [0.1, 0.15) is 0 Å². The molecule has 3 rings (SSSR count). The third-order valence-corrected chi connectivity index (χ3v) is 3.84. The van der Waals surface area contributed by atoms with Crippen molar-refractivity contribution >= 4 is 44.1 Å². The largest absolute Gasteiger partial charge is 0.507 e. The van der Waals surface area contributed by atoms with Gasteiger partial charge >= 0.3 is 0 Å². The highest BCUT2D eigenvalue weighted by atomic mass is 127. The molecule has 2 nitrogen and oxygen atoms in total. The van der Waals surface area contributed by atoms with Crippen molar-refractivity contribution in [3.05, 3.63) is 46.0 Å². The van der Waals surface area contributed by atoms with Gasteiger partial charge in [-0.1, -0.05) is 36.4 Å². The molecule has 0 aliphatic carbocycles. The number of aromatic hydroxyl groups is 2. The topological polar surface area (TPSA) is 40.5 Å². The van der Waals surface area contributed by atoms with Crippen LogP contribution in [0.4, 0.5) is 0 Å². The molecular formula is C14H9IO2. The van der Waals surface area contributed by atoms with Crippen LogP contribution in [-0.2, 0) is 0 Å². The number of fused-ring (bicyclic) bond motifs is 2. The summed E-state index contributed by atoms with van der Waals surface area (Å²) in [4.78, 5) is 0. The van der Waals surface area contributed by atoms with Crippen LogP contribution in [0.3, 0.4) is 0 Å². The lowest BCUT2D eigenvalue weighted by Gasteiger charge is -2.10. The van der Waals surface area contributed by atoms with Crippen LogP contribution in [0.25, 0.3) is 21.5 Å². The van der Waals surface area contributed by atoms with Crippen molar-refractivity contribution in [2.24, 2.45) is 0 Å². The molecular weight excluding hydrogens is 327 g/mol. The molecule has 84 valence electrons. The standard InChI is InChI=1S/C14H9IO2/c15-11-7-3-6-10-12(11)14(17)9-5-2-1-4-8(9)13(10)16/h1-7,16-17H. The number of phenols is 2. The number of rotatable bonds is 0. The molecule has 0 saturated carbocycles. The number of hydrogen-bond acceptors (Lipinski definition) is 2. The van der Waals surface area contributed by atoms with E-state index in [-0.39, 0.29) is 11.5 Å². The summed E-state index contributed by atoms with van der Waals surface area (Å²) in [5, 5.41) is 23.3. The smallest absolute Gasteiger partial charge is 0.132 e. The Kier molecular flexibility index (Phi) is 2.36. The molecule has 0 aliphatic heterocycles. The Morgan fingerprint density at radius 2 is 1.29 bits per heavy atom. The number of benzene rings is 3. The van der Waals surface area contributed by atoms with Gasteiger partial charge in [-0.15, -0.1) is 0 Å². The molecule has 0 atom stereocenters. The first-order valence-corrected chi connectivity index (χ1v) is 6.29. The predicted octanol–water partition coefficient (Wildman–Crippen LogP) is 4.01. The maximum absolute atomic E-state index is 10.3. The Morgan fingerprint density at radius 1 is 0.706 bits per heavy atom. The van der Waals surface area contributed by atoms with E-state index in [1.54, 1.807) is 0 Å². The molecule has 2 N–H and O–H groups in total. The van der Waals surface area contributed by atoms with Gasteiger partial charge in [-0.3, -0.25) is 0 Å². The van der Waals surface area contributed by atoms with Gasteiger partial charge in [-0.25, -0.2) is 0 Å². The maximum atomic E-state index is 10.3. The zero-order valence-corrected chi connectivity index (χ0v) is 11.0. The molecule has 0 heterocycles. The van der Waals surface area contributed by atoms with E-state index < -0.39 is 0 Å². The van der Waals surface area contributed by atoms with Gasteiger partial charge < -0.3 is 10.2 Å². The normalized spacial score (nSPS) is 11.1. The first kappa shape index (κ1) is 10.7. The molecule has 0 aromatic heterocycles. The molecule has 0 saturated heterocycles. The van der Waals surface area contributed by atoms with Gasteiger partial charge in [-0.2, -0.15) is 0 Å². The summed E-state index contributed by atoms with van der Waals surface area (Å²) in [6, 6.07) is 12.9. The van der Waals surface area contributed by atoms with Gasteiger partial charge in [0.1, 0.15) is 11.5 Å². The second-order valence-corrected chi connectivity index (χ2v) is 5.07. The van der Waals surface area contributed by atoms with Crippen LogP contribution >= 0.6 is 22.6 Å². The molecule has 0 aliphatic rings. The minimum absolute atomic E-state index is 0.229. The summed E-state index contributed by atoms with van der Waals surface area (Å²) in [6.45, 7) is 0. The molecule has 3 heteroatoms. The van der Waals surface area contributed by atoms with Crippen molar-refractivity contribution in [2.75, 3.05) is 0 Å². The van der Waals surface area contributed by atoms with E-state index in [1.807, 2.05) is 42.5 Å². The lowest BCUT2D eigenvalue weighted by molar-refractivity contribution is 0.478. The zero-order chi connectivity index (χ0) is 12.0. The van der Waals surface area contributed by atoms with E-state index in [0.29, 0.717) is 21.5 Å². The van der Waals surface area contributed by atoms with Crippen molar-refractivity contribution in [2.45, 2.75) is 0 Å². The van der Waals surface area contributed by atoms with Crippen molar-refractivity contribution in [3.63, 3.8) is 0 Å². The van der Waals surface area contributed by atoms with Crippen LogP contribution in [0, 0.1) is 3.57 Å². The fourth-order valence-electron chi connectivity index (χ4n) is 2.14. The Bertz CT molecular complexity index is 735. The van der Waals surface area contributed by atoms with Crippen molar-refractivity contribution in [1.29, 1.82) is 0 Å². The van der Waals surface area contributed by atoms with E-state index in [1.165, 1.54) is 0 Å². The van der Waals surface area contributed by atoms with E-state index in [4.69, 9.17) is 0 Å². The van der Waals surface area contributed by atoms with Crippen molar-refractivity contribution in [3.8, 4) is 11.5 Å². The summed E-state index contributed by atoms with van der Waals surface area (Å²) < 4.78 is 0.929. The molecule has 0 spiro atoms. The van der Waals surface area contributed by atoms with Crippen LogP contribution in [0.5, 0.6) is 11.5 Å². The number of phenolic OH excluding ortho intramolecular Hbond substituents is 2. The number of hydrogen-bond donors (Lipinski definition) is 2. The Labute approximate surface area is 112 Å². The average Bonchev–Trinajstić information content (AvgIpc) is 2.36. The summed E-state index contributed by atoms with van der Waals surface area (Å²) in [6.07, 6.45) is 0. The third-order valence-electron chi connectivity index (χ3n) is 2.94. The molecule has 0 fully saturated rings. The first-order chi connectivity index (χ1) is 8.20. The van der Waals surface area contributed by atoms with Crippen LogP contribution in [-0.4, -0.2) is 10.2 Å². The van der Waals surface area contributed by atoms with Crippen LogP contribution in [0.15, 0.2) is 42.5 Å². The average molecular weight is 336 g/mol. The van der Waals surface area contributed by atoms with E-state index in [9.17, 15) is 10.2 Å². The molecule has 0 unspecified atom stereocenters. The minimum Gasteiger partial charge on any atom is -0.507 e. The summed E-state index contributed by atoms with van der Waals surface area (Å²) in [7, 11) is 0. The fraction of sp³-hybridized carbons (Fsp3) is 0. The summed E-state index contributed by atoms with van der Waals surface area (Å²) in [5.41, 5.74) is 0. The van der Waals surface area contributed by atoms with E-state index in [0.717, 1.165) is 3.57 Å². The third kappa shape index (κ3) is 1.45. The van der Waals surface area contributed by atoms with E-state index >= 15 is 0 Å².